The number of carbonyl (C=O) groups is 1. The van der Waals surface area contributed by atoms with Crippen molar-refractivity contribution in [2.75, 3.05) is 11.9 Å². The summed E-state index contributed by atoms with van der Waals surface area (Å²) in [5, 5.41) is 11.4. The first kappa shape index (κ1) is 14.1. The average molecular weight is 305 g/mol. The molecule has 2 heterocycles. The Hall–Kier alpha value is -1.85. The average Bonchev–Trinajstić information content (AvgIpc) is 2.78. The predicted molar refractivity (Wildman–Crippen MR) is 82.4 cm³/mol. The van der Waals surface area contributed by atoms with Crippen molar-refractivity contribution in [2.24, 2.45) is 7.05 Å². The number of nitrogens with zero attached hydrogens (tertiary/aromatic N) is 2. The van der Waals surface area contributed by atoms with E-state index >= 15 is 0 Å². The molecule has 0 aliphatic carbocycles. The van der Waals surface area contributed by atoms with E-state index in [2.05, 4.69) is 15.7 Å². The van der Waals surface area contributed by atoms with Crippen LogP contribution in [0.2, 0.25) is 5.02 Å². The fraction of sp³-hybridized carbons (Fsp3) is 0.333. The number of rotatable bonds is 3. The Morgan fingerprint density at radius 2 is 2.19 bits per heavy atom. The van der Waals surface area contributed by atoms with E-state index in [0.717, 1.165) is 42.1 Å². The van der Waals surface area contributed by atoms with Crippen LogP contribution >= 0.6 is 11.6 Å². The largest absolute Gasteiger partial charge is 0.312 e. The van der Waals surface area contributed by atoms with Crippen LogP contribution in [0.4, 0.5) is 5.82 Å². The monoisotopic (exact) mass is 304 g/mol. The normalized spacial score (nSPS) is 13.8. The van der Waals surface area contributed by atoms with E-state index in [9.17, 15) is 4.79 Å². The van der Waals surface area contributed by atoms with Gasteiger partial charge in [-0.1, -0.05) is 23.7 Å². The maximum Gasteiger partial charge on any atom is 0.229 e. The number of benzene rings is 1. The summed E-state index contributed by atoms with van der Waals surface area (Å²) in [4.78, 5) is 12.2. The summed E-state index contributed by atoms with van der Waals surface area (Å²) >= 11 is 5.84. The van der Waals surface area contributed by atoms with Gasteiger partial charge in [0.15, 0.2) is 0 Å². The molecule has 0 saturated heterocycles. The van der Waals surface area contributed by atoms with E-state index in [4.69, 9.17) is 11.6 Å². The van der Waals surface area contributed by atoms with Crippen molar-refractivity contribution in [3.05, 3.63) is 46.1 Å². The molecule has 1 aliphatic rings. The zero-order valence-electron chi connectivity index (χ0n) is 11.8. The maximum atomic E-state index is 12.2. The Bertz CT molecular complexity index is 663. The Morgan fingerprint density at radius 1 is 1.43 bits per heavy atom. The fourth-order valence-electron chi connectivity index (χ4n) is 2.55. The van der Waals surface area contributed by atoms with Gasteiger partial charge in [-0.15, -0.1) is 0 Å². The van der Waals surface area contributed by atoms with Gasteiger partial charge in [0.1, 0.15) is 5.82 Å². The molecule has 1 aliphatic heterocycles. The molecule has 1 aromatic carbocycles. The SMILES string of the molecule is Cn1nc2c(c1NC(=O)Cc1ccc(Cl)cc1)CNCC2. The molecule has 0 spiro atoms. The lowest BCUT2D eigenvalue weighted by Gasteiger charge is -2.13. The van der Waals surface area contributed by atoms with Crippen LogP contribution in [0.25, 0.3) is 0 Å². The van der Waals surface area contributed by atoms with Crippen molar-refractivity contribution in [1.29, 1.82) is 0 Å². The molecule has 3 rings (SSSR count). The van der Waals surface area contributed by atoms with E-state index < -0.39 is 0 Å². The van der Waals surface area contributed by atoms with Crippen molar-refractivity contribution >= 4 is 23.3 Å². The molecular formula is C15H17ClN4O. The van der Waals surface area contributed by atoms with Crippen LogP contribution in [-0.2, 0) is 31.2 Å². The Kier molecular flexibility index (Phi) is 3.94. The van der Waals surface area contributed by atoms with Gasteiger partial charge in [-0.25, -0.2) is 0 Å². The summed E-state index contributed by atoms with van der Waals surface area (Å²) in [6.07, 6.45) is 1.22. The first-order chi connectivity index (χ1) is 10.1. The highest BCUT2D eigenvalue weighted by Gasteiger charge is 2.20. The quantitative estimate of drug-likeness (QED) is 0.910. The van der Waals surface area contributed by atoms with Crippen LogP contribution in [0.15, 0.2) is 24.3 Å². The molecule has 2 aromatic rings. The van der Waals surface area contributed by atoms with E-state index in [1.807, 2.05) is 19.2 Å². The predicted octanol–water partition coefficient (Wildman–Crippen LogP) is 1.90. The Morgan fingerprint density at radius 3 is 2.95 bits per heavy atom. The molecule has 5 nitrogen and oxygen atoms in total. The van der Waals surface area contributed by atoms with Crippen molar-refractivity contribution in [2.45, 2.75) is 19.4 Å². The number of aromatic nitrogens is 2. The van der Waals surface area contributed by atoms with Crippen LogP contribution in [0.3, 0.4) is 0 Å². The molecule has 21 heavy (non-hydrogen) atoms. The summed E-state index contributed by atoms with van der Waals surface area (Å²) in [5.74, 6) is 0.741. The van der Waals surface area contributed by atoms with Gasteiger partial charge in [0.25, 0.3) is 0 Å². The minimum absolute atomic E-state index is 0.0475. The summed E-state index contributed by atoms with van der Waals surface area (Å²) < 4.78 is 1.75. The third-order valence-corrected chi connectivity index (χ3v) is 3.86. The minimum Gasteiger partial charge on any atom is -0.312 e. The molecule has 0 radical (unpaired) electrons. The number of anilines is 1. The summed E-state index contributed by atoms with van der Waals surface area (Å²) in [6.45, 7) is 1.68. The molecule has 0 fully saturated rings. The third kappa shape index (κ3) is 3.09. The van der Waals surface area contributed by atoms with Crippen LogP contribution in [0, 0.1) is 0 Å². The number of nitrogens with one attached hydrogen (secondary N) is 2. The first-order valence-corrected chi connectivity index (χ1v) is 7.31. The molecule has 110 valence electrons. The van der Waals surface area contributed by atoms with E-state index in [0.29, 0.717) is 11.4 Å². The van der Waals surface area contributed by atoms with Gasteiger partial charge < -0.3 is 10.6 Å². The van der Waals surface area contributed by atoms with Crippen molar-refractivity contribution < 1.29 is 4.79 Å². The second kappa shape index (κ2) is 5.87. The second-order valence-electron chi connectivity index (χ2n) is 5.18. The topological polar surface area (TPSA) is 59.0 Å². The van der Waals surface area contributed by atoms with E-state index in [1.165, 1.54) is 0 Å². The Labute approximate surface area is 128 Å². The summed E-state index contributed by atoms with van der Waals surface area (Å²) in [7, 11) is 1.86. The highest BCUT2D eigenvalue weighted by atomic mass is 35.5. The molecule has 1 amide bonds. The van der Waals surface area contributed by atoms with Gasteiger partial charge in [-0.3, -0.25) is 9.48 Å². The van der Waals surface area contributed by atoms with Gasteiger partial charge in [-0.05, 0) is 17.7 Å². The number of hydrogen-bond acceptors (Lipinski definition) is 3. The number of halogens is 1. The maximum absolute atomic E-state index is 12.2. The van der Waals surface area contributed by atoms with E-state index in [-0.39, 0.29) is 5.91 Å². The van der Waals surface area contributed by atoms with Gasteiger partial charge in [-0.2, -0.15) is 5.10 Å². The Balaban J connectivity index is 1.73. The van der Waals surface area contributed by atoms with Crippen molar-refractivity contribution in [3.63, 3.8) is 0 Å². The number of aryl methyl sites for hydroxylation is 1. The number of amides is 1. The van der Waals surface area contributed by atoms with Crippen LogP contribution in [0.5, 0.6) is 0 Å². The van der Waals surface area contributed by atoms with Crippen molar-refractivity contribution in [1.82, 2.24) is 15.1 Å². The fourth-order valence-corrected chi connectivity index (χ4v) is 2.68. The van der Waals surface area contributed by atoms with E-state index in [1.54, 1.807) is 16.8 Å². The second-order valence-corrected chi connectivity index (χ2v) is 5.61. The summed E-state index contributed by atoms with van der Waals surface area (Å²) in [6, 6.07) is 7.31. The smallest absolute Gasteiger partial charge is 0.229 e. The van der Waals surface area contributed by atoms with Crippen LogP contribution in [0.1, 0.15) is 16.8 Å². The molecule has 0 saturated carbocycles. The van der Waals surface area contributed by atoms with Gasteiger partial charge in [0.05, 0.1) is 12.1 Å². The molecule has 0 unspecified atom stereocenters. The summed E-state index contributed by atoms with van der Waals surface area (Å²) in [5.41, 5.74) is 3.09. The van der Waals surface area contributed by atoms with Gasteiger partial charge in [0.2, 0.25) is 5.91 Å². The lowest BCUT2D eigenvalue weighted by atomic mass is 10.1. The van der Waals surface area contributed by atoms with Gasteiger partial charge in [0, 0.05) is 37.1 Å². The third-order valence-electron chi connectivity index (χ3n) is 3.60. The minimum atomic E-state index is -0.0475. The molecule has 6 heteroatoms. The first-order valence-electron chi connectivity index (χ1n) is 6.93. The molecule has 2 N–H and O–H groups in total. The standard InChI is InChI=1S/C15H17ClN4O/c1-20-15(12-9-17-7-6-13(12)19-20)18-14(21)8-10-2-4-11(16)5-3-10/h2-5,17H,6-9H2,1H3,(H,18,21). The molecule has 0 bridgehead atoms. The molecule has 0 atom stereocenters. The highest BCUT2D eigenvalue weighted by molar-refractivity contribution is 6.30. The zero-order chi connectivity index (χ0) is 14.8. The lowest BCUT2D eigenvalue weighted by molar-refractivity contribution is -0.115. The van der Waals surface area contributed by atoms with Crippen LogP contribution < -0.4 is 10.6 Å². The number of carbonyl (C=O) groups excluding carboxylic acids is 1. The highest BCUT2D eigenvalue weighted by Crippen LogP contribution is 2.22. The van der Waals surface area contributed by atoms with Crippen LogP contribution in [-0.4, -0.2) is 22.2 Å². The zero-order valence-corrected chi connectivity index (χ0v) is 12.6. The lowest BCUT2D eigenvalue weighted by Crippen LogP contribution is -2.24. The van der Waals surface area contributed by atoms with Gasteiger partial charge >= 0.3 is 0 Å². The van der Waals surface area contributed by atoms with Crippen molar-refractivity contribution in [3.8, 4) is 0 Å². The number of hydrogen-bond donors (Lipinski definition) is 2. The molecular weight excluding hydrogens is 288 g/mol. The molecule has 1 aromatic heterocycles. The number of fused-ring (bicyclic) bond motifs is 1.